The molecule has 0 aliphatic rings. The van der Waals surface area contributed by atoms with Crippen molar-refractivity contribution in [2.75, 3.05) is 6.54 Å². The second-order valence-corrected chi connectivity index (χ2v) is 8.13. The van der Waals surface area contributed by atoms with E-state index in [1.54, 1.807) is 18.2 Å². The van der Waals surface area contributed by atoms with Crippen LogP contribution in [0.15, 0.2) is 36.4 Å². The van der Waals surface area contributed by atoms with Crippen molar-refractivity contribution in [2.45, 2.75) is 103 Å². The van der Waals surface area contributed by atoms with E-state index >= 15 is 0 Å². The SMILES string of the molecule is CCCCCCCCC=CCCCCCCCCNC(=O)Cc1cccc(O)c1. The molecule has 164 valence electrons. The van der Waals surface area contributed by atoms with Crippen molar-refractivity contribution >= 4 is 5.91 Å². The van der Waals surface area contributed by atoms with Crippen LogP contribution in [0.3, 0.4) is 0 Å². The van der Waals surface area contributed by atoms with Crippen molar-refractivity contribution in [3.05, 3.63) is 42.0 Å². The van der Waals surface area contributed by atoms with Gasteiger partial charge in [-0.3, -0.25) is 4.79 Å². The third-order valence-corrected chi connectivity index (χ3v) is 5.29. The summed E-state index contributed by atoms with van der Waals surface area (Å²) in [5.41, 5.74) is 0.850. The van der Waals surface area contributed by atoms with Crippen LogP contribution in [0.1, 0.15) is 102 Å². The number of hydrogen-bond donors (Lipinski definition) is 2. The van der Waals surface area contributed by atoms with Gasteiger partial charge in [0.2, 0.25) is 5.91 Å². The summed E-state index contributed by atoms with van der Waals surface area (Å²) >= 11 is 0. The molecule has 0 heterocycles. The molecular weight excluding hydrogens is 358 g/mol. The third-order valence-electron chi connectivity index (χ3n) is 5.29. The van der Waals surface area contributed by atoms with Gasteiger partial charge in [0, 0.05) is 6.54 Å². The fourth-order valence-electron chi connectivity index (χ4n) is 3.51. The summed E-state index contributed by atoms with van der Waals surface area (Å²) in [6, 6.07) is 6.89. The fourth-order valence-corrected chi connectivity index (χ4v) is 3.51. The molecule has 0 saturated carbocycles. The van der Waals surface area contributed by atoms with E-state index in [9.17, 15) is 9.90 Å². The minimum atomic E-state index is 0.0309. The first-order valence-corrected chi connectivity index (χ1v) is 11.9. The lowest BCUT2D eigenvalue weighted by atomic mass is 10.1. The van der Waals surface area contributed by atoms with Crippen LogP contribution in [-0.2, 0) is 11.2 Å². The number of aromatic hydroxyl groups is 1. The van der Waals surface area contributed by atoms with E-state index in [0.717, 1.165) is 18.5 Å². The minimum absolute atomic E-state index is 0.0309. The Morgan fingerprint density at radius 1 is 0.862 bits per heavy atom. The summed E-state index contributed by atoms with van der Waals surface area (Å²) in [6.45, 7) is 3.02. The molecule has 0 spiro atoms. The summed E-state index contributed by atoms with van der Waals surface area (Å²) in [4.78, 5) is 11.9. The molecule has 0 unspecified atom stereocenters. The molecule has 1 rings (SSSR count). The van der Waals surface area contributed by atoms with Crippen molar-refractivity contribution in [3.63, 3.8) is 0 Å². The standard InChI is InChI=1S/C26H43NO2/c1-2-3-4-5-6-7-8-9-10-11-12-13-14-15-16-17-21-27-26(29)23-24-19-18-20-25(28)22-24/h9-10,18-20,22,28H,2-8,11-17,21,23H2,1H3,(H,27,29). The van der Waals surface area contributed by atoms with E-state index < -0.39 is 0 Å². The van der Waals surface area contributed by atoms with Crippen LogP contribution in [-0.4, -0.2) is 17.6 Å². The number of carbonyl (C=O) groups is 1. The lowest BCUT2D eigenvalue weighted by Crippen LogP contribution is -2.26. The summed E-state index contributed by atoms with van der Waals surface area (Å²) in [5.74, 6) is 0.243. The second kappa shape index (κ2) is 18.3. The predicted octanol–water partition coefficient (Wildman–Crippen LogP) is 7.09. The van der Waals surface area contributed by atoms with E-state index in [2.05, 4.69) is 24.4 Å². The number of amides is 1. The molecule has 3 heteroatoms. The molecule has 0 atom stereocenters. The van der Waals surface area contributed by atoms with E-state index in [1.165, 1.54) is 83.5 Å². The number of nitrogens with one attached hydrogen (secondary N) is 1. The van der Waals surface area contributed by atoms with Crippen molar-refractivity contribution in [1.82, 2.24) is 5.32 Å². The summed E-state index contributed by atoms with van der Waals surface area (Å²) in [5, 5.41) is 12.4. The Bertz CT molecular complexity index is 553. The van der Waals surface area contributed by atoms with Gasteiger partial charge in [-0.15, -0.1) is 0 Å². The van der Waals surface area contributed by atoms with Gasteiger partial charge < -0.3 is 10.4 Å². The van der Waals surface area contributed by atoms with Gasteiger partial charge in [-0.05, 0) is 49.8 Å². The Hall–Kier alpha value is -1.77. The molecule has 3 nitrogen and oxygen atoms in total. The normalized spacial score (nSPS) is 11.2. The van der Waals surface area contributed by atoms with Crippen molar-refractivity contribution in [2.24, 2.45) is 0 Å². The molecule has 0 bridgehead atoms. The van der Waals surface area contributed by atoms with Crippen LogP contribution in [0, 0.1) is 0 Å². The second-order valence-electron chi connectivity index (χ2n) is 8.13. The van der Waals surface area contributed by atoms with Gasteiger partial charge in [0.15, 0.2) is 0 Å². The van der Waals surface area contributed by atoms with Gasteiger partial charge in [-0.2, -0.15) is 0 Å². The molecule has 0 fully saturated rings. The van der Waals surface area contributed by atoms with Crippen LogP contribution >= 0.6 is 0 Å². The zero-order valence-electron chi connectivity index (χ0n) is 18.6. The Balaban J connectivity index is 1.83. The Morgan fingerprint density at radius 2 is 1.45 bits per heavy atom. The highest BCUT2D eigenvalue weighted by Crippen LogP contribution is 2.12. The molecule has 29 heavy (non-hydrogen) atoms. The van der Waals surface area contributed by atoms with Crippen LogP contribution in [0.2, 0.25) is 0 Å². The highest BCUT2D eigenvalue weighted by atomic mass is 16.3. The average Bonchev–Trinajstić information content (AvgIpc) is 2.70. The number of benzene rings is 1. The zero-order chi connectivity index (χ0) is 21.0. The third kappa shape index (κ3) is 15.8. The molecular formula is C26H43NO2. The molecule has 0 aliphatic heterocycles. The van der Waals surface area contributed by atoms with E-state index in [4.69, 9.17) is 0 Å². The summed E-state index contributed by atoms with van der Waals surface area (Å²) < 4.78 is 0. The first-order valence-electron chi connectivity index (χ1n) is 11.9. The molecule has 1 aromatic rings. The zero-order valence-corrected chi connectivity index (χ0v) is 18.6. The minimum Gasteiger partial charge on any atom is -0.508 e. The topological polar surface area (TPSA) is 49.3 Å². The maximum Gasteiger partial charge on any atom is 0.224 e. The lowest BCUT2D eigenvalue weighted by Gasteiger charge is -2.06. The molecule has 0 aromatic heterocycles. The molecule has 0 saturated heterocycles. The number of carbonyl (C=O) groups excluding carboxylic acids is 1. The fraction of sp³-hybridized carbons (Fsp3) is 0.654. The number of hydrogen-bond acceptors (Lipinski definition) is 2. The van der Waals surface area contributed by atoms with Gasteiger partial charge >= 0.3 is 0 Å². The molecule has 0 radical (unpaired) electrons. The van der Waals surface area contributed by atoms with Crippen molar-refractivity contribution in [3.8, 4) is 5.75 Å². The maximum atomic E-state index is 11.9. The number of phenolic OH excluding ortho intramolecular Hbond substituents is 1. The van der Waals surface area contributed by atoms with Crippen LogP contribution in [0.25, 0.3) is 0 Å². The Morgan fingerprint density at radius 3 is 2.07 bits per heavy atom. The smallest absolute Gasteiger partial charge is 0.224 e. The highest BCUT2D eigenvalue weighted by Gasteiger charge is 2.03. The van der Waals surface area contributed by atoms with Gasteiger partial charge in [0.25, 0.3) is 0 Å². The Labute approximate surface area is 179 Å². The van der Waals surface area contributed by atoms with Gasteiger partial charge in [-0.25, -0.2) is 0 Å². The molecule has 1 aromatic carbocycles. The van der Waals surface area contributed by atoms with Crippen LogP contribution < -0.4 is 5.32 Å². The molecule has 2 N–H and O–H groups in total. The quantitative estimate of drug-likeness (QED) is 0.204. The molecule has 1 amide bonds. The van der Waals surface area contributed by atoms with E-state index in [-0.39, 0.29) is 11.7 Å². The van der Waals surface area contributed by atoms with Gasteiger partial charge in [0.05, 0.1) is 6.42 Å². The number of phenols is 1. The average molecular weight is 402 g/mol. The largest absolute Gasteiger partial charge is 0.508 e. The summed E-state index contributed by atoms with van der Waals surface area (Å²) in [7, 11) is 0. The van der Waals surface area contributed by atoms with Gasteiger partial charge in [0.1, 0.15) is 5.75 Å². The highest BCUT2D eigenvalue weighted by molar-refractivity contribution is 5.78. The van der Waals surface area contributed by atoms with Gasteiger partial charge in [-0.1, -0.05) is 89.0 Å². The van der Waals surface area contributed by atoms with Crippen molar-refractivity contribution < 1.29 is 9.90 Å². The lowest BCUT2D eigenvalue weighted by molar-refractivity contribution is -0.120. The maximum absolute atomic E-state index is 11.9. The Kier molecular flexibility index (Phi) is 15.9. The predicted molar refractivity (Wildman–Crippen MR) is 124 cm³/mol. The van der Waals surface area contributed by atoms with E-state index in [0.29, 0.717) is 6.42 Å². The first kappa shape index (κ1) is 25.3. The number of rotatable bonds is 18. The van der Waals surface area contributed by atoms with Crippen LogP contribution in [0.4, 0.5) is 0 Å². The van der Waals surface area contributed by atoms with Crippen LogP contribution in [0.5, 0.6) is 5.75 Å². The summed E-state index contributed by atoms with van der Waals surface area (Å²) in [6.07, 6.45) is 23.2. The molecule has 0 aliphatic carbocycles. The first-order chi connectivity index (χ1) is 14.2. The number of unbranched alkanes of at least 4 members (excludes halogenated alkanes) is 12. The number of allylic oxidation sites excluding steroid dienone is 2. The van der Waals surface area contributed by atoms with E-state index in [1.807, 2.05) is 6.07 Å². The van der Waals surface area contributed by atoms with Crippen molar-refractivity contribution in [1.29, 1.82) is 0 Å². The monoisotopic (exact) mass is 401 g/mol.